The van der Waals surface area contributed by atoms with E-state index in [-0.39, 0.29) is 17.0 Å². The van der Waals surface area contributed by atoms with Gasteiger partial charge in [-0.15, -0.1) is 11.3 Å². The zero-order valence-electron chi connectivity index (χ0n) is 15.0. The quantitative estimate of drug-likeness (QED) is 0.567. The van der Waals surface area contributed by atoms with E-state index in [0.29, 0.717) is 5.69 Å². The van der Waals surface area contributed by atoms with E-state index in [1.165, 1.54) is 23.8 Å². The highest BCUT2D eigenvalue weighted by Gasteiger charge is 2.22. The first-order chi connectivity index (χ1) is 12.9. The van der Waals surface area contributed by atoms with Gasteiger partial charge in [0.2, 0.25) is 5.91 Å². The third-order valence-corrected chi connectivity index (χ3v) is 5.49. The number of benzene rings is 2. The molecule has 0 spiro atoms. The monoisotopic (exact) mass is 402 g/mol. The number of halogens is 2. The van der Waals surface area contributed by atoms with Crippen molar-refractivity contribution < 1.29 is 9.18 Å². The second-order valence-corrected chi connectivity index (χ2v) is 7.75. The molecular formula is C21H20ClFN2OS. The Morgan fingerprint density at radius 3 is 2.52 bits per heavy atom. The van der Waals surface area contributed by atoms with Crippen LogP contribution in [-0.4, -0.2) is 11.9 Å². The van der Waals surface area contributed by atoms with Crippen molar-refractivity contribution in [3.63, 3.8) is 0 Å². The smallest absolute Gasteiger partial charge is 0.241 e. The topological polar surface area (TPSA) is 41.1 Å². The lowest BCUT2D eigenvalue weighted by molar-refractivity contribution is -0.117. The lowest BCUT2D eigenvalue weighted by atomic mass is 10.0. The van der Waals surface area contributed by atoms with E-state index in [1.807, 2.05) is 24.4 Å². The summed E-state index contributed by atoms with van der Waals surface area (Å²) in [5.74, 6) is -0.682. The Balaban J connectivity index is 1.76. The van der Waals surface area contributed by atoms with Gasteiger partial charge in [0, 0.05) is 4.88 Å². The number of thiophene rings is 1. The molecule has 0 saturated heterocycles. The minimum Gasteiger partial charge on any atom is -0.323 e. The third-order valence-electron chi connectivity index (χ3n) is 4.24. The van der Waals surface area contributed by atoms with Gasteiger partial charge in [-0.2, -0.15) is 0 Å². The second-order valence-electron chi connectivity index (χ2n) is 6.36. The third kappa shape index (κ3) is 4.95. The Morgan fingerprint density at radius 1 is 1.15 bits per heavy atom. The molecule has 3 aromatic rings. The number of carbonyl (C=O) groups is 1. The van der Waals surface area contributed by atoms with Gasteiger partial charge >= 0.3 is 0 Å². The maximum Gasteiger partial charge on any atom is 0.241 e. The van der Waals surface area contributed by atoms with Gasteiger partial charge in [-0.3, -0.25) is 10.1 Å². The molecule has 140 valence electrons. The van der Waals surface area contributed by atoms with Gasteiger partial charge in [0.15, 0.2) is 0 Å². The normalized spacial score (nSPS) is 13.2. The Bertz CT molecular complexity index is 912. The molecule has 27 heavy (non-hydrogen) atoms. The van der Waals surface area contributed by atoms with E-state index in [0.717, 1.165) is 10.4 Å². The minimum atomic E-state index is -0.487. The number of anilines is 1. The van der Waals surface area contributed by atoms with Gasteiger partial charge in [0.25, 0.3) is 0 Å². The van der Waals surface area contributed by atoms with Gasteiger partial charge in [-0.05, 0) is 49.1 Å². The highest BCUT2D eigenvalue weighted by Crippen LogP contribution is 2.27. The van der Waals surface area contributed by atoms with Crippen LogP contribution >= 0.6 is 22.9 Å². The summed E-state index contributed by atoms with van der Waals surface area (Å²) >= 11 is 7.64. The standard InChI is InChI=1S/C21H20ClFN2OS/c1-13-5-7-15(8-6-13)20(19-4-3-11-27-19)24-14(2)21(26)25-18-10-9-16(23)12-17(18)22/h3-12,14,20,24H,1-2H3,(H,25,26)/t14-,20+/m1/s1. The first-order valence-electron chi connectivity index (χ1n) is 8.56. The predicted molar refractivity (Wildman–Crippen MR) is 110 cm³/mol. The molecule has 0 fully saturated rings. The number of hydrogen-bond acceptors (Lipinski definition) is 3. The fourth-order valence-electron chi connectivity index (χ4n) is 2.71. The van der Waals surface area contributed by atoms with E-state index in [4.69, 9.17) is 11.6 Å². The zero-order chi connectivity index (χ0) is 19.4. The molecular weight excluding hydrogens is 383 g/mol. The second kappa shape index (κ2) is 8.65. The molecule has 0 unspecified atom stereocenters. The van der Waals surface area contributed by atoms with Gasteiger partial charge in [0.1, 0.15) is 5.82 Å². The Morgan fingerprint density at radius 2 is 1.89 bits per heavy atom. The van der Waals surface area contributed by atoms with Gasteiger partial charge < -0.3 is 5.32 Å². The van der Waals surface area contributed by atoms with Crippen molar-refractivity contribution in [1.29, 1.82) is 0 Å². The summed E-state index contributed by atoms with van der Waals surface area (Å²) in [5.41, 5.74) is 2.66. The van der Waals surface area contributed by atoms with Crippen molar-refractivity contribution in [2.75, 3.05) is 5.32 Å². The van der Waals surface area contributed by atoms with Crippen molar-refractivity contribution >= 4 is 34.5 Å². The molecule has 3 nitrogen and oxygen atoms in total. The molecule has 1 aromatic heterocycles. The summed E-state index contributed by atoms with van der Waals surface area (Å²) in [7, 11) is 0. The molecule has 1 heterocycles. The van der Waals surface area contributed by atoms with E-state index in [1.54, 1.807) is 18.3 Å². The highest BCUT2D eigenvalue weighted by molar-refractivity contribution is 7.10. The van der Waals surface area contributed by atoms with Crippen LogP contribution in [-0.2, 0) is 4.79 Å². The summed E-state index contributed by atoms with van der Waals surface area (Å²) in [6.45, 7) is 3.83. The summed E-state index contributed by atoms with van der Waals surface area (Å²) < 4.78 is 13.2. The Labute approximate surface area is 167 Å². The number of rotatable bonds is 6. The summed E-state index contributed by atoms with van der Waals surface area (Å²) in [5, 5.41) is 8.32. The lowest BCUT2D eigenvalue weighted by Crippen LogP contribution is -2.40. The maximum absolute atomic E-state index is 13.2. The molecule has 2 N–H and O–H groups in total. The van der Waals surface area contributed by atoms with Gasteiger partial charge in [-0.1, -0.05) is 47.5 Å². The average molecular weight is 403 g/mol. The minimum absolute atomic E-state index is 0.102. The van der Waals surface area contributed by atoms with Crippen molar-refractivity contribution in [3.8, 4) is 0 Å². The molecule has 0 aliphatic rings. The molecule has 0 saturated carbocycles. The number of carbonyl (C=O) groups excluding carboxylic acids is 1. The summed E-state index contributed by atoms with van der Waals surface area (Å²) in [4.78, 5) is 13.7. The van der Waals surface area contributed by atoms with Crippen LogP contribution in [0.15, 0.2) is 60.0 Å². The molecule has 6 heteroatoms. The van der Waals surface area contributed by atoms with E-state index in [2.05, 4.69) is 34.9 Å². The fourth-order valence-corrected chi connectivity index (χ4v) is 3.74. The zero-order valence-corrected chi connectivity index (χ0v) is 16.6. The maximum atomic E-state index is 13.2. The molecule has 0 radical (unpaired) electrons. The van der Waals surface area contributed by atoms with Crippen molar-refractivity contribution in [2.24, 2.45) is 0 Å². The van der Waals surface area contributed by atoms with Crippen LogP contribution < -0.4 is 10.6 Å². The number of hydrogen-bond donors (Lipinski definition) is 2. The van der Waals surface area contributed by atoms with Crippen molar-refractivity contribution in [2.45, 2.75) is 25.9 Å². The van der Waals surface area contributed by atoms with E-state index >= 15 is 0 Å². The fraction of sp³-hybridized carbons (Fsp3) is 0.190. The first kappa shape index (κ1) is 19.5. The number of nitrogens with one attached hydrogen (secondary N) is 2. The molecule has 2 atom stereocenters. The number of amides is 1. The average Bonchev–Trinajstić information content (AvgIpc) is 3.17. The van der Waals surface area contributed by atoms with Crippen LogP contribution in [0.2, 0.25) is 5.02 Å². The largest absolute Gasteiger partial charge is 0.323 e. The molecule has 0 aliphatic heterocycles. The van der Waals surface area contributed by atoms with Crippen LogP contribution in [0.3, 0.4) is 0 Å². The Hall–Kier alpha value is -2.21. The molecule has 1 amide bonds. The number of aryl methyl sites for hydroxylation is 1. The molecule has 0 aliphatic carbocycles. The van der Waals surface area contributed by atoms with Crippen LogP contribution in [0, 0.1) is 12.7 Å². The van der Waals surface area contributed by atoms with Gasteiger partial charge in [-0.25, -0.2) is 4.39 Å². The summed E-state index contributed by atoms with van der Waals surface area (Å²) in [6, 6.07) is 15.6. The van der Waals surface area contributed by atoms with Crippen LogP contribution in [0.5, 0.6) is 0 Å². The Kier molecular flexibility index (Phi) is 6.26. The van der Waals surface area contributed by atoms with E-state index in [9.17, 15) is 9.18 Å². The van der Waals surface area contributed by atoms with Crippen LogP contribution in [0.1, 0.15) is 29.0 Å². The van der Waals surface area contributed by atoms with Crippen LogP contribution in [0.4, 0.5) is 10.1 Å². The molecule has 2 aromatic carbocycles. The molecule has 0 bridgehead atoms. The van der Waals surface area contributed by atoms with Crippen LogP contribution in [0.25, 0.3) is 0 Å². The first-order valence-corrected chi connectivity index (χ1v) is 9.82. The van der Waals surface area contributed by atoms with Crippen molar-refractivity contribution in [1.82, 2.24) is 5.32 Å². The van der Waals surface area contributed by atoms with Crippen molar-refractivity contribution in [3.05, 3.63) is 86.8 Å². The SMILES string of the molecule is Cc1ccc([C@H](N[C@H](C)C(=O)Nc2ccc(F)cc2Cl)c2cccs2)cc1. The summed E-state index contributed by atoms with van der Waals surface area (Å²) in [6.07, 6.45) is 0. The van der Waals surface area contributed by atoms with Gasteiger partial charge in [0.05, 0.1) is 22.8 Å². The predicted octanol–water partition coefficient (Wildman–Crippen LogP) is 5.56. The highest BCUT2D eigenvalue weighted by atomic mass is 35.5. The lowest BCUT2D eigenvalue weighted by Gasteiger charge is -2.23. The van der Waals surface area contributed by atoms with E-state index < -0.39 is 11.9 Å². The molecule has 3 rings (SSSR count).